The van der Waals surface area contributed by atoms with Gasteiger partial charge in [-0.3, -0.25) is 10.1 Å². The number of hydrogen-bond donors (Lipinski definition) is 3. The van der Waals surface area contributed by atoms with Crippen LogP contribution in [-0.2, 0) is 13.5 Å². The Labute approximate surface area is 201 Å². The molecule has 174 valence electrons. The molecule has 4 N–H and O–H groups in total. The van der Waals surface area contributed by atoms with Crippen LogP contribution in [0.5, 0.6) is 5.75 Å². The summed E-state index contributed by atoms with van der Waals surface area (Å²) in [5.74, 6) is 0.0774. The van der Waals surface area contributed by atoms with E-state index < -0.39 is 11.9 Å². The van der Waals surface area contributed by atoms with Crippen molar-refractivity contribution in [1.82, 2.24) is 20.1 Å². The second-order valence-electron chi connectivity index (χ2n) is 7.42. The van der Waals surface area contributed by atoms with Gasteiger partial charge in [0.2, 0.25) is 0 Å². The van der Waals surface area contributed by atoms with E-state index >= 15 is 0 Å². The maximum Gasteiger partial charge on any atom is 0.166 e. The smallest absolute Gasteiger partial charge is 0.166 e. The zero-order chi connectivity index (χ0) is 24.1. The first-order valence-electron chi connectivity index (χ1n) is 10.3. The van der Waals surface area contributed by atoms with Crippen LogP contribution in [0, 0.1) is 11.2 Å². The number of halogens is 3. The SMILES string of the molecule is CCN/C=C(/Cc1cn(C)nc1-c1ccc(F)cc1[C@@H](C)Oc1cc(Cl)cnc1N)C(=N)Cl. The molecule has 0 saturated carbocycles. The number of ether oxygens (including phenoxy) is 1. The molecule has 0 aliphatic carbocycles. The number of nitrogens with zero attached hydrogens (tertiary/aromatic N) is 3. The molecule has 1 aromatic carbocycles. The number of benzene rings is 1. The van der Waals surface area contributed by atoms with Crippen LogP contribution in [0.4, 0.5) is 10.2 Å². The number of nitrogens with two attached hydrogens (primary N) is 1. The van der Waals surface area contributed by atoms with Crippen LogP contribution < -0.4 is 15.8 Å². The summed E-state index contributed by atoms with van der Waals surface area (Å²) in [5.41, 5.74) is 9.26. The standard InChI is InChI=1S/C23H25Cl2FN6O/c1-4-29-10-14(22(25)27)7-15-12-32(3)31-21(15)18-6-5-17(26)9-19(18)13(2)33-20-8-16(24)11-30-23(20)28/h5-6,8-13,27,29H,4,7H2,1-3H3,(H2,28,30)/b14-10-,27-22?/t13-/m1/s1. The number of pyridine rings is 1. The fourth-order valence-corrected chi connectivity index (χ4v) is 3.65. The summed E-state index contributed by atoms with van der Waals surface area (Å²) in [6.45, 7) is 4.44. The van der Waals surface area contributed by atoms with E-state index in [-0.39, 0.29) is 11.0 Å². The van der Waals surface area contributed by atoms with Gasteiger partial charge in [0, 0.05) is 66.9 Å². The van der Waals surface area contributed by atoms with E-state index in [2.05, 4.69) is 15.4 Å². The highest BCUT2D eigenvalue weighted by atomic mass is 35.5. The minimum atomic E-state index is -0.587. The van der Waals surface area contributed by atoms with Crippen molar-refractivity contribution in [3.05, 3.63) is 70.4 Å². The number of nitrogen functional groups attached to an aromatic ring is 1. The lowest BCUT2D eigenvalue weighted by atomic mass is 9.96. The predicted octanol–water partition coefficient (Wildman–Crippen LogP) is 5.25. The third-order valence-electron chi connectivity index (χ3n) is 4.91. The zero-order valence-corrected chi connectivity index (χ0v) is 20.0. The van der Waals surface area contributed by atoms with Crippen molar-refractivity contribution in [1.29, 1.82) is 5.41 Å². The highest BCUT2D eigenvalue weighted by Crippen LogP contribution is 2.35. The third-order valence-corrected chi connectivity index (χ3v) is 5.36. The van der Waals surface area contributed by atoms with Gasteiger partial charge in [0.05, 0.1) is 10.7 Å². The molecule has 1 atom stereocenters. The van der Waals surface area contributed by atoms with Crippen molar-refractivity contribution >= 4 is 34.2 Å². The van der Waals surface area contributed by atoms with Crippen LogP contribution in [0.3, 0.4) is 0 Å². The lowest BCUT2D eigenvalue weighted by Crippen LogP contribution is -2.10. The average Bonchev–Trinajstić information content (AvgIpc) is 3.13. The van der Waals surface area contributed by atoms with Crippen molar-refractivity contribution < 1.29 is 9.13 Å². The fraction of sp³-hybridized carbons (Fsp3) is 0.261. The molecule has 33 heavy (non-hydrogen) atoms. The molecule has 0 bridgehead atoms. The molecular formula is C23H25Cl2FN6O. The predicted molar refractivity (Wildman–Crippen MR) is 130 cm³/mol. The summed E-state index contributed by atoms with van der Waals surface area (Å²) in [6.07, 6.45) is 4.78. The molecule has 0 spiro atoms. The maximum atomic E-state index is 14.3. The Morgan fingerprint density at radius 1 is 1.39 bits per heavy atom. The van der Waals surface area contributed by atoms with Crippen molar-refractivity contribution in [2.45, 2.75) is 26.4 Å². The molecule has 0 aliphatic heterocycles. The van der Waals surface area contributed by atoms with Crippen LogP contribution in [-0.4, -0.2) is 26.5 Å². The van der Waals surface area contributed by atoms with Gasteiger partial charge < -0.3 is 15.8 Å². The van der Waals surface area contributed by atoms with Gasteiger partial charge in [-0.2, -0.15) is 5.10 Å². The lowest BCUT2D eigenvalue weighted by molar-refractivity contribution is 0.227. The minimum Gasteiger partial charge on any atom is -0.482 e. The van der Waals surface area contributed by atoms with Crippen LogP contribution in [0.25, 0.3) is 11.3 Å². The summed E-state index contributed by atoms with van der Waals surface area (Å²) in [7, 11) is 1.80. The maximum absolute atomic E-state index is 14.3. The van der Waals surface area contributed by atoms with Crippen LogP contribution in [0.15, 0.2) is 48.4 Å². The van der Waals surface area contributed by atoms with Crippen molar-refractivity contribution in [2.75, 3.05) is 12.3 Å². The monoisotopic (exact) mass is 490 g/mol. The summed E-state index contributed by atoms with van der Waals surface area (Å²) < 4.78 is 21.9. The van der Waals surface area contributed by atoms with E-state index in [0.29, 0.717) is 46.1 Å². The van der Waals surface area contributed by atoms with E-state index in [4.69, 9.17) is 39.1 Å². The van der Waals surface area contributed by atoms with E-state index in [1.807, 2.05) is 13.1 Å². The van der Waals surface area contributed by atoms with Gasteiger partial charge in [-0.1, -0.05) is 23.2 Å². The highest BCUT2D eigenvalue weighted by molar-refractivity contribution is 6.68. The number of aromatic nitrogens is 3. The Kier molecular flexibility index (Phi) is 7.94. The molecule has 0 saturated heterocycles. The second kappa shape index (κ2) is 10.7. The Morgan fingerprint density at radius 2 is 2.15 bits per heavy atom. The average molecular weight is 491 g/mol. The van der Waals surface area contributed by atoms with E-state index in [1.165, 1.54) is 18.3 Å². The highest BCUT2D eigenvalue weighted by Gasteiger charge is 2.21. The first kappa shape index (κ1) is 24.5. The minimum absolute atomic E-state index is 0.0642. The molecule has 0 fully saturated rings. The molecule has 2 aromatic heterocycles. The molecule has 0 aliphatic rings. The van der Waals surface area contributed by atoms with Gasteiger partial charge in [-0.25, -0.2) is 9.37 Å². The summed E-state index contributed by atoms with van der Waals surface area (Å²) in [5, 5.41) is 15.9. The molecule has 0 unspecified atom stereocenters. The first-order valence-corrected chi connectivity index (χ1v) is 11.0. The van der Waals surface area contributed by atoms with E-state index in [9.17, 15) is 4.39 Å². The number of aryl methyl sites for hydroxylation is 1. The largest absolute Gasteiger partial charge is 0.482 e. The number of rotatable bonds is 9. The lowest BCUT2D eigenvalue weighted by Gasteiger charge is -2.19. The van der Waals surface area contributed by atoms with Gasteiger partial charge in [-0.05, 0) is 32.0 Å². The number of allylic oxidation sites excluding steroid dienone is 1. The van der Waals surface area contributed by atoms with Crippen LogP contribution >= 0.6 is 23.2 Å². The third kappa shape index (κ3) is 6.03. The second-order valence-corrected chi connectivity index (χ2v) is 8.24. The number of anilines is 1. The van der Waals surface area contributed by atoms with Gasteiger partial charge in [0.15, 0.2) is 11.6 Å². The molecule has 0 radical (unpaired) electrons. The Balaban J connectivity index is 2.03. The van der Waals surface area contributed by atoms with Crippen molar-refractivity contribution in [3.63, 3.8) is 0 Å². The van der Waals surface area contributed by atoms with Gasteiger partial charge in [0.25, 0.3) is 0 Å². The Morgan fingerprint density at radius 3 is 2.85 bits per heavy atom. The molecule has 0 amide bonds. The quantitative estimate of drug-likeness (QED) is 0.355. The molecule has 2 heterocycles. The molecule has 7 nitrogen and oxygen atoms in total. The first-order chi connectivity index (χ1) is 15.7. The van der Waals surface area contributed by atoms with Crippen molar-refractivity contribution in [3.8, 4) is 17.0 Å². The number of nitrogens with one attached hydrogen (secondary N) is 2. The van der Waals surface area contributed by atoms with Crippen LogP contribution in [0.2, 0.25) is 5.02 Å². The van der Waals surface area contributed by atoms with E-state index in [1.54, 1.807) is 37.0 Å². The number of hydrogen-bond acceptors (Lipinski definition) is 6. The summed E-state index contributed by atoms with van der Waals surface area (Å²) in [6, 6.07) is 6.01. The van der Waals surface area contributed by atoms with Gasteiger partial charge in [0.1, 0.15) is 17.1 Å². The molecule has 10 heteroatoms. The molecule has 3 rings (SSSR count). The van der Waals surface area contributed by atoms with Crippen LogP contribution in [0.1, 0.15) is 31.1 Å². The van der Waals surface area contributed by atoms with E-state index in [0.717, 1.165) is 5.56 Å². The van der Waals surface area contributed by atoms with Gasteiger partial charge in [-0.15, -0.1) is 0 Å². The Hall–Kier alpha value is -3.10. The summed E-state index contributed by atoms with van der Waals surface area (Å²) >= 11 is 12.0. The topological polar surface area (TPSA) is 102 Å². The zero-order valence-electron chi connectivity index (χ0n) is 18.5. The Bertz CT molecular complexity index is 1190. The fourth-order valence-electron chi connectivity index (χ4n) is 3.38. The van der Waals surface area contributed by atoms with Crippen molar-refractivity contribution in [2.24, 2.45) is 7.05 Å². The summed E-state index contributed by atoms with van der Waals surface area (Å²) in [4.78, 5) is 4.00. The molecular weight excluding hydrogens is 466 g/mol. The van der Waals surface area contributed by atoms with Gasteiger partial charge >= 0.3 is 0 Å². The molecule has 3 aromatic rings. The normalized spacial score (nSPS) is 12.5.